The van der Waals surface area contributed by atoms with Gasteiger partial charge in [0.15, 0.2) is 0 Å². The van der Waals surface area contributed by atoms with Crippen LogP contribution < -0.4 is 11.1 Å². The molecule has 0 fully saturated rings. The topological polar surface area (TPSA) is 91.1 Å². The Morgan fingerprint density at radius 2 is 2.10 bits per heavy atom. The van der Waals surface area contributed by atoms with Gasteiger partial charge in [0.1, 0.15) is 0 Å². The Hall–Kier alpha value is -1.85. The third-order valence-corrected chi connectivity index (χ3v) is 3.78. The van der Waals surface area contributed by atoms with Gasteiger partial charge in [0.25, 0.3) is 0 Å². The molecule has 0 aliphatic carbocycles. The molecule has 5 N–H and O–H groups in total. The Bertz CT molecular complexity index is 606. The molecule has 5 nitrogen and oxygen atoms in total. The van der Waals surface area contributed by atoms with E-state index in [1.807, 2.05) is 44.3 Å². The second-order valence-corrected chi connectivity index (χ2v) is 5.71. The van der Waals surface area contributed by atoms with Crippen LogP contribution in [-0.2, 0) is 11.2 Å². The second kappa shape index (κ2) is 6.74. The molecule has 2 rings (SSSR count). The van der Waals surface area contributed by atoms with Crippen LogP contribution in [0.1, 0.15) is 19.4 Å². The van der Waals surface area contributed by atoms with Crippen LogP contribution in [0.3, 0.4) is 0 Å². The number of para-hydroxylation sites is 1. The Balaban J connectivity index is 2.03. The van der Waals surface area contributed by atoms with Crippen molar-refractivity contribution >= 4 is 16.8 Å². The largest absolute Gasteiger partial charge is 0.394 e. The molecule has 2 aromatic rings. The SMILES string of the molecule is CC(C)C(CO)NC(=O)[C@@H](N)Cc1c[nH]c2ccccc12. The monoisotopic (exact) mass is 289 g/mol. The minimum atomic E-state index is -0.628. The quantitative estimate of drug-likeness (QED) is 0.643. The Morgan fingerprint density at radius 1 is 1.38 bits per heavy atom. The average Bonchev–Trinajstić information content (AvgIpc) is 2.87. The zero-order valence-electron chi connectivity index (χ0n) is 12.5. The van der Waals surface area contributed by atoms with Crippen LogP contribution in [0.4, 0.5) is 0 Å². The molecule has 1 unspecified atom stereocenters. The molecule has 21 heavy (non-hydrogen) atoms. The van der Waals surface area contributed by atoms with E-state index in [1.54, 1.807) is 0 Å². The van der Waals surface area contributed by atoms with Gasteiger partial charge in [0.05, 0.1) is 18.7 Å². The van der Waals surface area contributed by atoms with E-state index in [9.17, 15) is 9.90 Å². The summed E-state index contributed by atoms with van der Waals surface area (Å²) >= 11 is 0. The number of fused-ring (bicyclic) bond motifs is 1. The first-order chi connectivity index (χ1) is 10.0. The maximum atomic E-state index is 12.1. The van der Waals surface area contributed by atoms with Crippen LogP contribution in [0.5, 0.6) is 0 Å². The van der Waals surface area contributed by atoms with E-state index in [1.165, 1.54) is 0 Å². The van der Waals surface area contributed by atoms with Crippen molar-refractivity contribution in [3.63, 3.8) is 0 Å². The number of rotatable bonds is 6. The molecule has 0 radical (unpaired) electrons. The third kappa shape index (κ3) is 3.62. The van der Waals surface area contributed by atoms with Gasteiger partial charge in [-0.1, -0.05) is 32.0 Å². The summed E-state index contributed by atoms with van der Waals surface area (Å²) in [5.41, 5.74) is 8.06. The lowest BCUT2D eigenvalue weighted by Gasteiger charge is -2.22. The van der Waals surface area contributed by atoms with Crippen LogP contribution in [0.25, 0.3) is 10.9 Å². The highest BCUT2D eigenvalue weighted by atomic mass is 16.3. The molecular formula is C16H23N3O2. The van der Waals surface area contributed by atoms with Crippen molar-refractivity contribution in [1.82, 2.24) is 10.3 Å². The molecule has 0 spiro atoms. The van der Waals surface area contributed by atoms with Crippen LogP contribution >= 0.6 is 0 Å². The third-order valence-electron chi connectivity index (χ3n) is 3.78. The van der Waals surface area contributed by atoms with Crippen LogP contribution in [0.15, 0.2) is 30.5 Å². The predicted octanol–water partition coefficient (Wildman–Crippen LogP) is 1.17. The van der Waals surface area contributed by atoms with Crippen molar-refractivity contribution in [3.8, 4) is 0 Å². The van der Waals surface area contributed by atoms with Crippen LogP contribution in [-0.4, -0.2) is 34.7 Å². The normalized spacial score (nSPS) is 14.3. The highest BCUT2D eigenvalue weighted by Crippen LogP contribution is 2.18. The van der Waals surface area contributed by atoms with E-state index in [0.29, 0.717) is 6.42 Å². The zero-order chi connectivity index (χ0) is 15.4. The summed E-state index contributed by atoms with van der Waals surface area (Å²) in [6.07, 6.45) is 2.36. The average molecular weight is 289 g/mol. The molecule has 1 amide bonds. The number of aromatic amines is 1. The molecule has 5 heteroatoms. The summed E-state index contributed by atoms with van der Waals surface area (Å²) in [5, 5.41) is 13.2. The molecule has 0 saturated carbocycles. The van der Waals surface area contributed by atoms with E-state index in [-0.39, 0.29) is 24.5 Å². The number of hydrogen-bond donors (Lipinski definition) is 4. The fourth-order valence-corrected chi connectivity index (χ4v) is 2.34. The van der Waals surface area contributed by atoms with Gasteiger partial charge in [-0.3, -0.25) is 4.79 Å². The standard InChI is InChI=1S/C16H23N3O2/c1-10(2)15(9-20)19-16(21)13(17)7-11-8-18-14-6-4-3-5-12(11)14/h3-6,8,10,13,15,18,20H,7,9,17H2,1-2H3,(H,19,21)/t13-,15?/m0/s1. The van der Waals surface area contributed by atoms with Crippen molar-refractivity contribution < 1.29 is 9.90 Å². The highest BCUT2D eigenvalue weighted by molar-refractivity contribution is 5.86. The minimum Gasteiger partial charge on any atom is -0.394 e. The number of benzene rings is 1. The molecule has 1 aromatic heterocycles. The number of aliphatic hydroxyl groups is 1. The van der Waals surface area contributed by atoms with E-state index in [0.717, 1.165) is 16.5 Å². The van der Waals surface area contributed by atoms with Crippen molar-refractivity contribution in [2.24, 2.45) is 11.7 Å². The smallest absolute Gasteiger partial charge is 0.237 e. The van der Waals surface area contributed by atoms with Gasteiger partial charge in [-0.25, -0.2) is 0 Å². The summed E-state index contributed by atoms with van der Waals surface area (Å²) in [4.78, 5) is 15.3. The molecule has 0 bridgehead atoms. The number of carbonyl (C=O) groups is 1. The van der Waals surface area contributed by atoms with Gasteiger partial charge in [0, 0.05) is 17.1 Å². The fourth-order valence-electron chi connectivity index (χ4n) is 2.34. The van der Waals surface area contributed by atoms with Gasteiger partial charge >= 0.3 is 0 Å². The molecular weight excluding hydrogens is 266 g/mol. The molecule has 1 heterocycles. The number of amides is 1. The zero-order valence-corrected chi connectivity index (χ0v) is 12.5. The maximum Gasteiger partial charge on any atom is 0.237 e. The summed E-state index contributed by atoms with van der Waals surface area (Å²) in [6.45, 7) is 3.82. The van der Waals surface area contributed by atoms with E-state index < -0.39 is 6.04 Å². The first kappa shape index (κ1) is 15.5. The van der Waals surface area contributed by atoms with Crippen molar-refractivity contribution in [1.29, 1.82) is 0 Å². The fraction of sp³-hybridized carbons (Fsp3) is 0.438. The number of hydrogen-bond acceptors (Lipinski definition) is 3. The molecule has 0 aliphatic rings. The lowest BCUT2D eigenvalue weighted by molar-refractivity contribution is -0.123. The molecule has 0 aliphatic heterocycles. The predicted molar refractivity (Wildman–Crippen MR) is 83.8 cm³/mol. The Kier molecular flexibility index (Phi) is 4.98. The van der Waals surface area contributed by atoms with Gasteiger partial charge in [-0.15, -0.1) is 0 Å². The Morgan fingerprint density at radius 3 is 2.76 bits per heavy atom. The van der Waals surface area contributed by atoms with Crippen LogP contribution in [0, 0.1) is 5.92 Å². The van der Waals surface area contributed by atoms with E-state index in [4.69, 9.17) is 5.73 Å². The first-order valence-corrected chi connectivity index (χ1v) is 7.24. The van der Waals surface area contributed by atoms with Gasteiger partial charge in [-0.05, 0) is 24.0 Å². The molecule has 2 atom stereocenters. The molecule has 114 valence electrons. The first-order valence-electron chi connectivity index (χ1n) is 7.24. The lowest BCUT2D eigenvalue weighted by atomic mass is 10.0. The minimum absolute atomic E-state index is 0.0801. The number of H-pyrrole nitrogens is 1. The molecule has 1 aromatic carbocycles. The lowest BCUT2D eigenvalue weighted by Crippen LogP contribution is -2.49. The van der Waals surface area contributed by atoms with Gasteiger partial charge in [0.2, 0.25) is 5.91 Å². The number of aromatic nitrogens is 1. The van der Waals surface area contributed by atoms with E-state index >= 15 is 0 Å². The second-order valence-electron chi connectivity index (χ2n) is 5.71. The van der Waals surface area contributed by atoms with Crippen molar-refractivity contribution in [2.45, 2.75) is 32.4 Å². The van der Waals surface area contributed by atoms with Crippen LogP contribution in [0.2, 0.25) is 0 Å². The summed E-state index contributed by atoms with van der Waals surface area (Å²) in [6, 6.07) is 7.04. The number of nitrogens with two attached hydrogens (primary N) is 1. The summed E-state index contributed by atoms with van der Waals surface area (Å²) in [7, 11) is 0. The summed E-state index contributed by atoms with van der Waals surface area (Å²) < 4.78 is 0. The number of carbonyl (C=O) groups excluding carboxylic acids is 1. The van der Waals surface area contributed by atoms with Gasteiger partial charge < -0.3 is 21.1 Å². The van der Waals surface area contributed by atoms with E-state index in [2.05, 4.69) is 10.3 Å². The van der Waals surface area contributed by atoms with Crippen molar-refractivity contribution in [2.75, 3.05) is 6.61 Å². The Labute approximate surface area is 124 Å². The van der Waals surface area contributed by atoms with Crippen molar-refractivity contribution in [3.05, 3.63) is 36.0 Å². The number of aliphatic hydroxyl groups excluding tert-OH is 1. The maximum absolute atomic E-state index is 12.1. The summed E-state index contributed by atoms with van der Waals surface area (Å²) in [5.74, 6) is -0.0627. The van der Waals surface area contributed by atoms with Gasteiger partial charge in [-0.2, -0.15) is 0 Å². The molecule has 0 saturated heterocycles. The highest BCUT2D eigenvalue weighted by Gasteiger charge is 2.21. The number of nitrogens with one attached hydrogen (secondary N) is 2.